The van der Waals surface area contributed by atoms with Gasteiger partial charge in [0.25, 0.3) is 0 Å². The van der Waals surface area contributed by atoms with E-state index >= 15 is 0 Å². The summed E-state index contributed by atoms with van der Waals surface area (Å²) in [5, 5.41) is 0.950. The van der Waals surface area contributed by atoms with E-state index in [-0.39, 0.29) is 11.7 Å². The summed E-state index contributed by atoms with van der Waals surface area (Å²) in [5.41, 5.74) is 3.65. The smallest absolute Gasteiger partial charge is 0.144 e. The van der Waals surface area contributed by atoms with Gasteiger partial charge in [-0.1, -0.05) is 43.3 Å². The second-order valence-corrected chi connectivity index (χ2v) is 6.50. The van der Waals surface area contributed by atoms with Crippen LogP contribution in [-0.4, -0.2) is 18.0 Å². The van der Waals surface area contributed by atoms with Gasteiger partial charge in [0.15, 0.2) is 0 Å². The number of halogens is 1. The highest BCUT2D eigenvalue weighted by atomic mass is 19.1. The number of fused-ring (bicyclic) bond motifs is 1. The first-order valence-electron chi connectivity index (χ1n) is 8.35. The number of benzene rings is 2. The van der Waals surface area contributed by atoms with Gasteiger partial charge in [-0.2, -0.15) is 0 Å². The molecule has 1 unspecified atom stereocenters. The number of hydrogen-bond donors (Lipinski definition) is 0. The Morgan fingerprint density at radius 3 is 2.75 bits per heavy atom. The van der Waals surface area contributed by atoms with Gasteiger partial charge in [-0.3, -0.25) is 4.90 Å². The lowest BCUT2D eigenvalue weighted by Gasteiger charge is -2.31. The molecule has 0 saturated carbocycles. The fraction of sp³-hybridized carbons (Fsp3) is 0.238. The van der Waals surface area contributed by atoms with Gasteiger partial charge in [0.2, 0.25) is 0 Å². The van der Waals surface area contributed by atoms with E-state index in [0.717, 1.165) is 30.6 Å². The highest BCUT2D eigenvalue weighted by molar-refractivity contribution is 5.90. The molecule has 2 nitrogen and oxygen atoms in total. The first kappa shape index (κ1) is 15.2. The van der Waals surface area contributed by atoms with Crippen LogP contribution in [0.2, 0.25) is 0 Å². The normalized spacial score (nSPS) is 18.8. The molecule has 0 saturated heterocycles. The molecule has 1 aliphatic rings. The van der Waals surface area contributed by atoms with Gasteiger partial charge in [-0.15, -0.1) is 0 Å². The van der Waals surface area contributed by atoms with Crippen LogP contribution in [0.5, 0.6) is 0 Å². The van der Waals surface area contributed by atoms with Crippen molar-refractivity contribution >= 4 is 16.5 Å². The molecule has 24 heavy (non-hydrogen) atoms. The fourth-order valence-electron chi connectivity index (χ4n) is 3.59. The molecule has 3 aromatic rings. The SMILES string of the molecule is CC1CN(Cc2ccccc2)CC=C1c1c(F)ccc2ccoc12. The maximum Gasteiger partial charge on any atom is 0.144 e. The Morgan fingerprint density at radius 2 is 1.96 bits per heavy atom. The zero-order valence-corrected chi connectivity index (χ0v) is 13.7. The molecule has 0 radical (unpaired) electrons. The number of hydrogen-bond acceptors (Lipinski definition) is 2. The van der Waals surface area contributed by atoms with Gasteiger partial charge < -0.3 is 4.42 Å². The second kappa shape index (κ2) is 6.25. The molecule has 2 heterocycles. The number of rotatable bonds is 3. The molecular formula is C21H20FNO. The Morgan fingerprint density at radius 1 is 1.12 bits per heavy atom. The first-order chi connectivity index (χ1) is 11.7. The van der Waals surface area contributed by atoms with Gasteiger partial charge in [0.05, 0.1) is 11.8 Å². The number of furan rings is 1. The lowest BCUT2D eigenvalue weighted by atomic mass is 9.89. The molecule has 4 rings (SSSR count). The predicted molar refractivity (Wildman–Crippen MR) is 95.0 cm³/mol. The lowest BCUT2D eigenvalue weighted by Crippen LogP contribution is -2.33. The Balaban J connectivity index is 1.63. The van der Waals surface area contributed by atoms with Crippen LogP contribution in [0.1, 0.15) is 18.1 Å². The van der Waals surface area contributed by atoms with Crippen LogP contribution < -0.4 is 0 Å². The molecule has 2 aromatic carbocycles. The lowest BCUT2D eigenvalue weighted by molar-refractivity contribution is 0.263. The van der Waals surface area contributed by atoms with Crippen LogP contribution in [0.15, 0.2) is 65.3 Å². The zero-order chi connectivity index (χ0) is 16.5. The van der Waals surface area contributed by atoms with Crippen LogP contribution in [0.4, 0.5) is 4.39 Å². The average molecular weight is 321 g/mol. The molecule has 0 spiro atoms. The third kappa shape index (κ3) is 2.76. The van der Waals surface area contributed by atoms with Crippen molar-refractivity contribution in [3.63, 3.8) is 0 Å². The third-order valence-electron chi connectivity index (χ3n) is 4.74. The minimum Gasteiger partial charge on any atom is -0.464 e. The number of nitrogens with zero attached hydrogens (tertiary/aromatic N) is 1. The Hall–Kier alpha value is -2.39. The molecule has 1 atom stereocenters. The van der Waals surface area contributed by atoms with Crippen molar-refractivity contribution in [3.05, 3.63) is 77.8 Å². The largest absolute Gasteiger partial charge is 0.464 e. The van der Waals surface area contributed by atoms with E-state index in [1.807, 2.05) is 12.1 Å². The Bertz CT molecular complexity index is 881. The van der Waals surface area contributed by atoms with E-state index in [1.54, 1.807) is 12.3 Å². The molecule has 0 aliphatic carbocycles. The molecule has 1 aromatic heterocycles. The molecule has 0 fully saturated rings. The van der Waals surface area contributed by atoms with Gasteiger partial charge in [-0.05, 0) is 35.3 Å². The van der Waals surface area contributed by atoms with Gasteiger partial charge >= 0.3 is 0 Å². The summed E-state index contributed by atoms with van der Waals surface area (Å²) in [4.78, 5) is 2.39. The highest BCUT2D eigenvalue weighted by Crippen LogP contribution is 2.35. The summed E-state index contributed by atoms with van der Waals surface area (Å²) in [7, 11) is 0. The maximum atomic E-state index is 14.5. The van der Waals surface area contributed by atoms with Gasteiger partial charge in [0.1, 0.15) is 11.4 Å². The van der Waals surface area contributed by atoms with E-state index in [4.69, 9.17) is 4.42 Å². The molecule has 122 valence electrons. The van der Waals surface area contributed by atoms with E-state index < -0.39 is 0 Å². The minimum atomic E-state index is -0.202. The molecule has 0 amide bonds. The van der Waals surface area contributed by atoms with Crippen molar-refractivity contribution in [1.29, 1.82) is 0 Å². The van der Waals surface area contributed by atoms with Crippen LogP contribution in [0, 0.1) is 11.7 Å². The maximum absolute atomic E-state index is 14.5. The quantitative estimate of drug-likeness (QED) is 0.667. The zero-order valence-electron chi connectivity index (χ0n) is 13.7. The summed E-state index contributed by atoms with van der Waals surface area (Å²) in [6.45, 7) is 4.81. The van der Waals surface area contributed by atoms with Crippen molar-refractivity contribution < 1.29 is 8.81 Å². The minimum absolute atomic E-state index is 0.202. The van der Waals surface area contributed by atoms with E-state index in [1.165, 1.54) is 11.6 Å². The summed E-state index contributed by atoms with van der Waals surface area (Å²) in [5.74, 6) is 0.0553. The predicted octanol–water partition coefficient (Wildman–Crippen LogP) is 5.11. The van der Waals surface area contributed by atoms with Crippen LogP contribution in [0.25, 0.3) is 16.5 Å². The summed E-state index contributed by atoms with van der Waals surface area (Å²) >= 11 is 0. The standard InChI is InChI=1S/C21H20FNO/c1-15-13-23(14-16-5-3-2-4-6-16)11-9-18(15)20-19(22)8-7-17-10-12-24-21(17)20/h2-10,12,15H,11,13-14H2,1H3. The van der Waals surface area contributed by atoms with Crippen LogP contribution in [-0.2, 0) is 6.54 Å². The van der Waals surface area contributed by atoms with Crippen molar-refractivity contribution in [1.82, 2.24) is 4.90 Å². The second-order valence-electron chi connectivity index (χ2n) is 6.50. The molecule has 0 bridgehead atoms. The molecule has 0 N–H and O–H groups in total. The van der Waals surface area contributed by atoms with E-state index in [2.05, 4.69) is 42.2 Å². The van der Waals surface area contributed by atoms with Gasteiger partial charge in [0, 0.05) is 25.0 Å². The van der Waals surface area contributed by atoms with Crippen molar-refractivity contribution in [2.75, 3.05) is 13.1 Å². The van der Waals surface area contributed by atoms with E-state index in [0.29, 0.717) is 11.1 Å². The van der Waals surface area contributed by atoms with Crippen molar-refractivity contribution in [3.8, 4) is 0 Å². The van der Waals surface area contributed by atoms with Gasteiger partial charge in [-0.25, -0.2) is 4.39 Å². The highest BCUT2D eigenvalue weighted by Gasteiger charge is 2.24. The van der Waals surface area contributed by atoms with Crippen molar-refractivity contribution in [2.45, 2.75) is 13.5 Å². The molecule has 1 aliphatic heterocycles. The molecule has 3 heteroatoms. The van der Waals surface area contributed by atoms with Crippen molar-refractivity contribution in [2.24, 2.45) is 5.92 Å². The topological polar surface area (TPSA) is 16.4 Å². The fourth-order valence-corrected chi connectivity index (χ4v) is 3.59. The Kier molecular flexibility index (Phi) is 3.95. The van der Waals surface area contributed by atoms with E-state index in [9.17, 15) is 4.39 Å². The third-order valence-corrected chi connectivity index (χ3v) is 4.74. The summed E-state index contributed by atoms with van der Waals surface area (Å²) in [6, 6.07) is 15.7. The monoisotopic (exact) mass is 321 g/mol. The summed E-state index contributed by atoms with van der Waals surface area (Å²) < 4.78 is 20.0. The first-order valence-corrected chi connectivity index (χ1v) is 8.35. The average Bonchev–Trinajstić information content (AvgIpc) is 3.05. The Labute approximate surface area is 141 Å². The summed E-state index contributed by atoms with van der Waals surface area (Å²) in [6.07, 6.45) is 3.78. The molecular weight excluding hydrogens is 301 g/mol. The van der Waals surface area contributed by atoms with Crippen LogP contribution >= 0.6 is 0 Å². The van der Waals surface area contributed by atoms with Crippen LogP contribution in [0.3, 0.4) is 0 Å².